The van der Waals surface area contributed by atoms with E-state index in [2.05, 4.69) is 5.32 Å². The number of aryl methyl sites for hydroxylation is 1. The van der Waals surface area contributed by atoms with Gasteiger partial charge in [-0.3, -0.25) is 13.9 Å². The molecule has 0 spiro atoms. The second-order valence-corrected chi connectivity index (χ2v) is 12.5. The van der Waals surface area contributed by atoms with Crippen LogP contribution in [0.2, 0.25) is 0 Å². The summed E-state index contributed by atoms with van der Waals surface area (Å²) in [5, 5.41) is 2.94. The maximum atomic E-state index is 14.1. The minimum absolute atomic E-state index is 0.00380. The van der Waals surface area contributed by atoms with Gasteiger partial charge < -0.3 is 10.2 Å². The molecule has 0 saturated carbocycles. The maximum Gasteiger partial charge on any atom is 0.264 e. The standard InChI is InChI=1S/C31H38FN3O4S/c1-6-24-13-11-12-16-28(24)35(40(38,39)26-14-9-8-10-15-26)22-29(36)34(21-23-17-19-25(32)20-18-23)27(7-2)30(37)33-31(3,4)5/h8-20,27H,6-7,21-22H2,1-5H3,(H,33,37)/t27-/m1/s1. The predicted octanol–water partition coefficient (Wildman–Crippen LogP) is 5.31. The number of hydrogen-bond acceptors (Lipinski definition) is 4. The molecule has 0 aliphatic carbocycles. The van der Waals surface area contributed by atoms with Gasteiger partial charge in [-0.05, 0) is 75.1 Å². The van der Waals surface area contributed by atoms with Crippen molar-refractivity contribution in [3.63, 3.8) is 0 Å². The van der Waals surface area contributed by atoms with E-state index >= 15 is 0 Å². The Morgan fingerprint density at radius 2 is 1.50 bits per heavy atom. The number of nitrogens with one attached hydrogen (secondary N) is 1. The van der Waals surface area contributed by atoms with E-state index in [4.69, 9.17) is 0 Å². The third-order valence-corrected chi connectivity index (χ3v) is 8.18. The van der Waals surface area contributed by atoms with Crippen LogP contribution in [0.25, 0.3) is 0 Å². The molecule has 0 heterocycles. The van der Waals surface area contributed by atoms with E-state index in [9.17, 15) is 22.4 Å². The van der Waals surface area contributed by atoms with E-state index in [1.165, 1.54) is 29.2 Å². The monoisotopic (exact) mass is 567 g/mol. The van der Waals surface area contributed by atoms with Crippen molar-refractivity contribution < 1.29 is 22.4 Å². The molecule has 3 aromatic carbocycles. The molecule has 0 saturated heterocycles. The van der Waals surface area contributed by atoms with Crippen LogP contribution in [-0.4, -0.2) is 43.3 Å². The van der Waals surface area contributed by atoms with E-state index in [0.717, 1.165) is 9.87 Å². The van der Waals surface area contributed by atoms with Crippen LogP contribution in [0.4, 0.5) is 10.1 Å². The molecule has 0 radical (unpaired) electrons. The van der Waals surface area contributed by atoms with Gasteiger partial charge in [0.15, 0.2) is 0 Å². The van der Waals surface area contributed by atoms with Crippen molar-refractivity contribution in [2.45, 2.75) is 70.5 Å². The van der Waals surface area contributed by atoms with Crippen LogP contribution in [0.15, 0.2) is 83.8 Å². The van der Waals surface area contributed by atoms with Gasteiger partial charge in [-0.2, -0.15) is 0 Å². The summed E-state index contributed by atoms with van der Waals surface area (Å²) >= 11 is 0. The fourth-order valence-electron chi connectivity index (χ4n) is 4.45. The topological polar surface area (TPSA) is 86.8 Å². The van der Waals surface area contributed by atoms with Gasteiger partial charge in [-0.1, -0.05) is 62.4 Å². The third-order valence-electron chi connectivity index (χ3n) is 6.40. The number of nitrogens with zero attached hydrogens (tertiary/aromatic N) is 2. The molecule has 2 amide bonds. The van der Waals surface area contributed by atoms with Crippen molar-refractivity contribution in [1.82, 2.24) is 10.2 Å². The van der Waals surface area contributed by atoms with Crippen LogP contribution in [0.5, 0.6) is 0 Å². The first-order valence-corrected chi connectivity index (χ1v) is 14.8. The average Bonchev–Trinajstić information content (AvgIpc) is 2.92. The molecule has 214 valence electrons. The molecule has 0 aliphatic rings. The number of hydrogen-bond donors (Lipinski definition) is 1. The molecule has 1 N–H and O–H groups in total. The Bertz CT molecular complexity index is 1400. The second kappa shape index (κ2) is 13.1. The van der Waals surface area contributed by atoms with Crippen molar-refractivity contribution in [3.8, 4) is 0 Å². The Kier molecular flexibility index (Phi) is 10.1. The molecule has 40 heavy (non-hydrogen) atoms. The Morgan fingerprint density at radius 3 is 2.08 bits per heavy atom. The smallest absolute Gasteiger partial charge is 0.264 e. The number of sulfonamides is 1. The van der Waals surface area contributed by atoms with E-state index in [1.807, 2.05) is 39.8 Å². The molecular weight excluding hydrogens is 529 g/mol. The first-order valence-electron chi connectivity index (χ1n) is 13.4. The SMILES string of the molecule is CCc1ccccc1N(CC(=O)N(Cc1ccc(F)cc1)[C@H](CC)C(=O)NC(C)(C)C)S(=O)(=O)c1ccccc1. The number of carbonyl (C=O) groups is 2. The fourth-order valence-corrected chi connectivity index (χ4v) is 5.92. The lowest BCUT2D eigenvalue weighted by molar-refractivity contribution is -0.141. The Labute approximate surface area is 237 Å². The summed E-state index contributed by atoms with van der Waals surface area (Å²) in [5.41, 5.74) is 1.23. The molecule has 1 atom stereocenters. The molecular formula is C31H38FN3O4S. The number of para-hydroxylation sites is 1. The Hall–Kier alpha value is -3.72. The van der Waals surface area contributed by atoms with Gasteiger partial charge in [-0.15, -0.1) is 0 Å². The molecule has 3 aromatic rings. The third kappa shape index (κ3) is 7.69. The first-order chi connectivity index (χ1) is 18.9. The summed E-state index contributed by atoms with van der Waals surface area (Å²) in [5.74, 6) is -1.32. The van der Waals surface area contributed by atoms with Crippen LogP contribution in [-0.2, 0) is 32.6 Å². The van der Waals surface area contributed by atoms with Gasteiger partial charge >= 0.3 is 0 Å². The van der Waals surface area contributed by atoms with Gasteiger partial charge in [0.05, 0.1) is 10.6 Å². The highest BCUT2D eigenvalue weighted by atomic mass is 32.2. The molecule has 0 fully saturated rings. The average molecular weight is 568 g/mol. The minimum Gasteiger partial charge on any atom is -0.350 e. The van der Waals surface area contributed by atoms with Gasteiger partial charge in [0.1, 0.15) is 18.4 Å². The van der Waals surface area contributed by atoms with Crippen molar-refractivity contribution >= 4 is 27.5 Å². The van der Waals surface area contributed by atoms with Gasteiger partial charge in [-0.25, -0.2) is 12.8 Å². The van der Waals surface area contributed by atoms with E-state index in [-0.39, 0.29) is 17.3 Å². The van der Waals surface area contributed by atoms with Crippen LogP contribution >= 0.6 is 0 Å². The number of rotatable bonds is 11. The molecule has 0 aliphatic heterocycles. The van der Waals surface area contributed by atoms with Crippen LogP contribution in [0, 0.1) is 5.82 Å². The minimum atomic E-state index is -4.14. The zero-order valence-corrected chi connectivity index (χ0v) is 24.5. The summed E-state index contributed by atoms with van der Waals surface area (Å²) in [6, 6.07) is 19.8. The fraction of sp³-hybridized carbons (Fsp3) is 0.355. The molecule has 0 unspecified atom stereocenters. The Balaban J connectivity index is 2.09. The molecule has 7 nitrogen and oxygen atoms in total. The normalized spacial score (nSPS) is 12.4. The van der Waals surface area contributed by atoms with Gasteiger partial charge in [0.2, 0.25) is 11.8 Å². The van der Waals surface area contributed by atoms with Crippen LogP contribution in [0.3, 0.4) is 0 Å². The second-order valence-electron chi connectivity index (χ2n) is 10.6. The summed E-state index contributed by atoms with van der Waals surface area (Å²) in [6.45, 7) is 8.73. The summed E-state index contributed by atoms with van der Waals surface area (Å²) in [4.78, 5) is 28.9. The quantitative estimate of drug-likeness (QED) is 0.341. The number of amides is 2. The van der Waals surface area contributed by atoms with E-state index in [1.54, 1.807) is 49.4 Å². The summed E-state index contributed by atoms with van der Waals surface area (Å²) in [7, 11) is -4.14. The number of benzene rings is 3. The molecule has 0 aromatic heterocycles. The number of carbonyl (C=O) groups excluding carboxylic acids is 2. The van der Waals surface area contributed by atoms with Crippen LogP contribution < -0.4 is 9.62 Å². The predicted molar refractivity (Wildman–Crippen MR) is 156 cm³/mol. The van der Waals surface area contributed by atoms with E-state index < -0.39 is 39.9 Å². The summed E-state index contributed by atoms with van der Waals surface area (Å²) < 4.78 is 42.6. The zero-order valence-electron chi connectivity index (χ0n) is 23.7. The Morgan fingerprint density at radius 1 is 0.900 bits per heavy atom. The highest BCUT2D eigenvalue weighted by Crippen LogP contribution is 2.28. The zero-order chi connectivity index (χ0) is 29.5. The highest BCUT2D eigenvalue weighted by Gasteiger charge is 2.35. The summed E-state index contributed by atoms with van der Waals surface area (Å²) in [6.07, 6.45) is 0.849. The lowest BCUT2D eigenvalue weighted by atomic mass is 10.1. The van der Waals surface area contributed by atoms with Crippen molar-refractivity contribution in [3.05, 3.63) is 95.8 Å². The lowest BCUT2D eigenvalue weighted by Gasteiger charge is -2.35. The maximum absolute atomic E-state index is 14.1. The molecule has 0 bridgehead atoms. The highest BCUT2D eigenvalue weighted by molar-refractivity contribution is 7.92. The van der Waals surface area contributed by atoms with Gasteiger partial charge in [0, 0.05) is 12.1 Å². The largest absolute Gasteiger partial charge is 0.350 e. The van der Waals surface area contributed by atoms with Crippen molar-refractivity contribution in [2.24, 2.45) is 0 Å². The lowest BCUT2D eigenvalue weighted by Crippen LogP contribution is -2.55. The van der Waals surface area contributed by atoms with E-state index in [0.29, 0.717) is 24.1 Å². The number of anilines is 1. The first kappa shape index (κ1) is 30.8. The number of halogens is 1. The molecule has 3 rings (SSSR count). The molecule has 9 heteroatoms. The van der Waals surface area contributed by atoms with Crippen molar-refractivity contribution in [2.75, 3.05) is 10.8 Å². The van der Waals surface area contributed by atoms with Crippen LogP contribution in [0.1, 0.15) is 52.2 Å². The van der Waals surface area contributed by atoms with Gasteiger partial charge in [0.25, 0.3) is 10.0 Å². The van der Waals surface area contributed by atoms with Crippen molar-refractivity contribution in [1.29, 1.82) is 0 Å².